The SMILES string of the molecule is CC(C)C1(C)CCNC1c1ccccc1. The van der Waals surface area contributed by atoms with Crippen LogP contribution in [0.4, 0.5) is 0 Å². The van der Waals surface area contributed by atoms with Crippen molar-refractivity contribution in [2.24, 2.45) is 11.3 Å². The smallest absolute Gasteiger partial charge is 0.0377 e. The summed E-state index contributed by atoms with van der Waals surface area (Å²) in [5.74, 6) is 0.720. The van der Waals surface area contributed by atoms with Crippen molar-refractivity contribution in [2.75, 3.05) is 6.54 Å². The zero-order chi connectivity index (χ0) is 10.9. The van der Waals surface area contributed by atoms with Gasteiger partial charge in [0.2, 0.25) is 0 Å². The Morgan fingerprint density at radius 2 is 1.93 bits per heavy atom. The molecule has 82 valence electrons. The molecule has 1 heteroatoms. The van der Waals surface area contributed by atoms with Crippen LogP contribution < -0.4 is 5.32 Å². The summed E-state index contributed by atoms with van der Waals surface area (Å²) in [6.45, 7) is 8.23. The highest BCUT2D eigenvalue weighted by molar-refractivity contribution is 5.23. The normalized spacial score (nSPS) is 31.1. The molecule has 0 spiro atoms. The lowest BCUT2D eigenvalue weighted by atomic mass is 9.71. The van der Waals surface area contributed by atoms with E-state index in [0.717, 1.165) is 12.5 Å². The average molecular weight is 203 g/mol. The topological polar surface area (TPSA) is 12.0 Å². The molecule has 0 aromatic heterocycles. The monoisotopic (exact) mass is 203 g/mol. The lowest BCUT2D eigenvalue weighted by Crippen LogP contribution is -2.30. The Kier molecular flexibility index (Phi) is 2.83. The minimum Gasteiger partial charge on any atom is -0.309 e. The van der Waals surface area contributed by atoms with E-state index >= 15 is 0 Å². The van der Waals surface area contributed by atoms with Crippen molar-refractivity contribution < 1.29 is 0 Å². The van der Waals surface area contributed by atoms with Gasteiger partial charge in [-0.2, -0.15) is 0 Å². The summed E-state index contributed by atoms with van der Waals surface area (Å²) >= 11 is 0. The molecule has 0 saturated carbocycles. The third-order valence-corrected chi connectivity index (χ3v) is 4.12. The average Bonchev–Trinajstić information content (AvgIpc) is 2.63. The van der Waals surface area contributed by atoms with E-state index in [-0.39, 0.29) is 0 Å². The van der Waals surface area contributed by atoms with Gasteiger partial charge in [0.1, 0.15) is 0 Å². The molecule has 1 aromatic carbocycles. The van der Waals surface area contributed by atoms with Gasteiger partial charge in [-0.25, -0.2) is 0 Å². The fourth-order valence-electron chi connectivity index (χ4n) is 2.63. The molecule has 2 unspecified atom stereocenters. The molecule has 0 radical (unpaired) electrons. The van der Waals surface area contributed by atoms with Gasteiger partial charge in [0, 0.05) is 6.04 Å². The van der Waals surface area contributed by atoms with Crippen molar-refractivity contribution in [1.29, 1.82) is 0 Å². The summed E-state index contributed by atoms with van der Waals surface area (Å²) in [5, 5.41) is 3.64. The van der Waals surface area contributed by atoms with Gasteiger partial charge in [0.05, 0.1) is 0 Å². The van der Waals surface area contributed by atoms with Crippen molar-refractivity contribution in [3.05, 3.63) is 35.9 Å². The maximum absolute atomic E-state index is 3.64. The Bertz CT molecular complexity index is 317. The molecule has 2 rings (SSSR count). The maximum Gasteiger partial charge on any atom is 0.0377 e. The molecule has 0 amide bonds. The van der Waals surface area contributed by atoms with E-state index in [1.807, 2.05) is 0 Å². The van der Waals surface area contributed by atoms with Crippen LogP contribution in [0, 0.1) is 11.3 Å². The predicted octanol–water partition coefficient (Wildman–Crippen LogP) is 3.38. The third kappa shape index (κ3) is 1.81. The quantitative estimate of drug-likeness (QED) is 0.777. The van der Waals surface area contributed by atoms with Gasteiger partial charge < -0.3 is 5.32 Å². The molecule has 15 heavy (non-hydrogen) atoms. The second kappa shape index (κ2) is 3.97. The van der Waals surface area contributed by atoms with Crippen molar-refractivity contribution in [2.45, 2.75) is 33.2 Å². The number of nitrogens with one attached hydrogen (secondary N) is 1. The summed E-state index contributed by atoms with van der Waals surface area (Å²) in [6.07, 6.45) is 1.28. The first-order valence-corrected chi connectivity index (χ1v) is 5.93. The molecule has 1 fully saturated rings. The van der Waals surface area contributed by atoms with E-state index in [1.54, 1.807) is 0 Å². The lowest BCUT2D eigenvalue weighted by molar-refractivity contribution is 0.190. The van der Waals surface area contributed by atoms with E-state index in [9.17, 15) is 0 Å². The molecule has 1 N–H and O–H groups in total. The predicted molar refractivity (Wildman–Crippen MR) is 64.7 cm³/mol. The maximum atomic E-state index is 3.64. The highest BCUT2D eigenvalue weighted by atomic mass is 15.0. The van der Waals surface area contributed by atoms with Gasteiger partial charge in [-0.3, -0.25) is 0 Å². The summed E-state index contributed by atoms with van der Waals surface area (Å²) in [7, 11) is 0. The molecule has 0 bridgehead atoms. The van der Waals surface area contributed by atoms with Crippen LogP contribution >= 0.6 is 0 Å². The Morgan fingerprint density at radius 3 is 2.53 bits per heavy atom. The van der Waals surface area contributed by atoms with Crippen LogP contribution in [0.5, 0.6) is 0 Å². The summed E-state index contributed by atoms with van der Waals surface area (Å²) < 4.78 is 0. The molecule has 1 aliphatic rings. The second-order valence-electron chi connectivity index (χ2n) is 5.21. The summed E-state index contributed by atoms with van der Waals surface area (Å²) in [6, 6.07) is 11.4. The third-order valence-electron chi connectivity index (χ3n) is 4.12. The van der Waals surface area contributed by atoms with Crippen LogP contribution in [-0.2, 0) is 0 Å². The Balaban J connectivity index is 2.30. The van der Waals surface area contributed by atoms with Gasteiger partial charge in [0.25, 0.3) is 0 Å². The standard InChI is InChI=1S/C14H21N/c1-11(2)14(3)9-10-15-13(14)12-7-5-4-6-8-12/h4-8,11,13,15H,9-10H2,1-3H3. The van der Waals surface area contributed by atoms with E-state index in [1.165, 1.54) is 12.0 Å². The number of rotatable bonds is 2. The number of hydrogen-bond acceptors (Lipinski definition) is 1. The Labute approximate surface area is 92.9 Å². The van der Waals surface area contributed by atoms with Gasteiger partial charge in [-0.15, -0.1) is 0 Å². The molecule has 1 heterocycles. The molecule has 1 saturated heterocycles. The number of benzene rings is 1. The largest absolute Gasteiger partial charge is 0.309 e. The van der Waals surface area contributed by atoms with Crippen LogP contribution in [0.2, 0.25) is 0 Å². The molecule has 1 nitrogen and oxygen atoms in total. The Morgan fingerprint density at radius 1 is 1.27 bits per heavy atom. The minimum absolute atomic E-state index is 0.404. The van der Waals surface area contributed by atoms with Crippen molar-refractivity contribution in [1.82, 2.24) is 5.32 Å². The van der Waals surface area contributed by atoms with E-state index in [4.69, 9.17) is 0 Å². The fourth-order valence-corrected chi connectivity index (χ4v) is 2.63. The van der Waals surface area contributed by atoms with Crippen LogP contribution in [0.3, 0.4) is 0 Å². The summed E-state index contributed by atoms with van der Waals surface area (Å²) in [4.78, 5) is 0. The van der Waals surface area contributed by atoms with Gasteiger partial charge in [0.15, 0.2) is 0 Å². The first kappa shape index (κ1) is 10.7. The van der Waals surface area contributed by atoms with Crippen molar-refractivity contribution >= 4 is 0 Å². The molecular formula is C14H21N. The first-order valence-electron chi connectivity index (χ1n) is 5.93. The fraction of sp³-hybridized carbons (Fsp3) is 0.571. The van der Waals surface area contributed by atoms with Crippen molar-refractivity contribution in [3.63, 3.8) is 0 Å². The zero-order valence-corrected chi connectivity index (χ0v) is 9.96. The van der Waals surface area contributed by atoms with Crippen LogP contribution in [0.15, 0.2) is 30.3 Å². The van der Waals surface area contributed by atoms with Gasteiger partial charge in [-0.05, 0) is 29.9 Å². The second-order valence-corrected chi connectivity index (χ2v) is 5.21. The van der Waals surface area contributed by atoms with Crippen molar-refractivity contribution in [3.8, 4) is 0 Å². The van der Waals surface area contributed by atoms with Crippen LogP contribution in [-0.4, -0.2) is 6.54 Å². The Hall–Kier alpha value is -0.820. The highest BCUT2D eigenvalue weighted by Gasteiger charge is 2.41. The molecule has 2 atom stereocenters. The van der Waals surface area contributed by atoms with Crippen LogP contribution in [0.1, 0.15) is 38.8 Å². The van der Waals surface area contributed by atoms with Gasteiger partial charge >= 0.3 is 0 Å². The molecule has 1 aromatic rings. The van der Waals surface area contributed by atoms with E-state index in [0.29, 0.717) is 11.5 Å². The van der Waals surface area contributed by atoms with E-state index in [2.05, 4.69) is 56.4 Å². The van der Waals surface area contributed by atoms with Gasteiger partial charge in [-0.1, -0.05) is 51.1 Å². The van der Waals surface area contributed by atoms with E-state index < -0.39 is 0 Å². The zero-order valence-electron chi connectivity index (χ0n) is 9.96. The molecular weight excluding hydrogens is 182 g/mol. The lowest BCUT2D eigenvalue weighted by Gasteiger charge is -2.35. The molecule has 1 aliphatic heterocycles. The molecule has 0 aliphatic carbocycles. The highest BCUT2D eigenvalue weighted by Crippen LogP contribution is 2.46. The summed E-state index contributed by atoms with van der Waals surface area (Å²) in [5.41, 5.74) is 1.84. The van der Waals surface area contributed by atoms with Crippen LogP contribution in [0.25, 0.3) is 0 Å². The first-order chi connectivity index (χ1) is 7.14. The number of hydrogen-bond donors (Lipinski definition) is 1. The minimum atomic E-state index is 0.404.